The van der Waals surface area contributed by atoms with Gasteiger partial charge in [0.2, 0.25) is 0 Å². The van der Waals surface area contributed by atoms with Gasteiger partial charge in [0.1, 0.15) is 0 Å². The molecule has 0 aliphatic rings. The molecule has 0 heterocycles. The normalized spacial score (nSPS) is 10.4. The third kappa shape index (κ3) is 5.32. The Morgan fingerprint density at radius 1 is 0.370 bits per heavy atom. The highest BCUT2D eigenvalue weighted by atomic mass is 14.1. The molecule has 0 radical (unpaired) electrons. The highest BCUT2D eigenvalue weighted by Crippen LogP contribution is 2.24. The highest BCUT2D eigenvalue weighted by Gasteiger charge is 2.07. The quantitative estimate of drug-likeness (QED) is 0.447. The van der Waals surface area contributed by atoms with Gasteiger partial charge in [0, 0.05) is 0 Å². The van der Waals surface area contributed by atoms with Crippen LogP contribution in [0.3, 0.4) is 0 Å². The lowest BCUT2D eigenvalue weighted by Crippen LogP contribution is -1.98. The minimum absolute atomic E-state index is 1.03. The van der Waals surface area contributed by atoms with E-state index in [1.54, 1.807) is 0 Å². The van der Waals surface area contributed by atoms with Crippen molar-refractivity contribution in [2.24, 2.45) is 0 Å². The Kier molecular flexibility index (Phi) is 7.02. The van der Waals surface area contributed by atoms with Crippen molar-refractivity contribution in [3.63, 3.8) is 0 Å². The number of aryl methyl sites for hydroxylation is 2. The van der Waals surface area contributed by atoms with Gasteiger partial charge in [0.05, 0.1) is 0 Å². The van der Waals surface area contributed by atoms with E-state index in [0.717, 1.165) is 6.42 Å². The first-order chi connectivity index (χ1) is 12.7. The largest absolute Gasteiger partial charge is 0.0590 e. The molecule has 0 nitrogen and oxygen atoms in total. The molecular formula is C27H34. The standard InChI is InChI=1S/C15H16.C12H18/c1-12-3-7-14(8-4-12)11-15-9-5-13(2)6-10-15;1-7-8(2)10(4)12(6)11(5)9(7)3/h3-10H,11H2,1-2H3;1-6H3. The van der Waals surface area contributed by atoms with Gasteiger partial charge in [0.25, 0.3) is 0 Å². The fourth-order valence-corrected chi connectivity index (χ4v) is 3.34. The molecule has 0 unspecified atom stereocenters. The summed E-state index contributed by atoms with van der Waals surface area (Å²) < 4.78 is 0. The minimum Gasteiger partial charge on any atom is -0.0590 e. The van der Waals surface area contributed by atoms with Crippen molar-refractivity contribution in [1.29, 1.82) is 0 Å². The zero-order valence-corrected chi connectivity index (χ0v) is 18.3. The summed E-state index contributed by atoms with van der Waals surface area (Å²) in [7, 11) is 0. The summed E-state index contributed by atoms with van der Waals surface area (Å²) in [6.45, 7) is 17.5. The predicted molar refractivity (Wildman–Crippen MR) is 120 cm³/mol. The van der Waals surface area contributed by atoms with E-state index in [0.29, 0.717) is 0 Å². The third-order valence-electron chi connectivity index (χ3n) is 6.02. The van der Waals surface area contributed by atoms with Crippen LogP contribution in [0.2, 0.25) is 0 Å². The van der Waals surface area contributed by atoms with Crippen LogP contribution in [0, 0.1) is 55.4 Å². The molecule has 0 aliphatic carbocycles. The Morgan fingerprint density at radius 3 is 0.815 bits per heavy atom. The van der Waals surface area contributed by atoms with Crippen molar-refractivity contribution < 1.29 is 0 Å². The Hall–Kier alpha value is -2.34. The number of rotatable bonds is 2. The van der Waals surface area contributed by atoms with Crippen LogP contribution >= 0.6 is 0 Å². The molecule has 0 fully saturated rings. The van der Waals surface area contributed by atoms with E-state index >= 15 is 0 Å². The maximum atomic E-state index is 2.21. The van der Waals surface area contributed by atoms with Gasteiger partial charge in [-0.15, -0.1) is 0 Å². The Labute approximate surface area is 166 Å². The molecule has 0 aliphatic heterocycles. The SMILES string of the molecule is Cc1c(C)c(C)c(C)c(C)c1C.Cc1ccc(Cc2ccc(C)cc2)cc1. The second-order valence-electron chi connectivity index (χ2n) is 7.90. The predicted octanol–water partition coefficient (Wildman–Crippen LogP) is 7.43. The first-order valence-corrected chi connectivity index (χ1v) is 9.85. The average Bonchev–Trinajstić information content (AvgIpc) is 2.67. The highest BCUT2D eigenvalue weighted by molar-refractivity contribution is 5.48. The lowest BCUT2D eigenvalue weighted by atomic mass is 9.90. The van der Waals surface area contributed by atoms with Crippen LogP contribution in [0.25, 0.3) is 0 Å². The van der Waals surface area contributed by atoms with E-state index in [-0.39, 0.29) is 0 Å². The Morgan fingerprint density at radius 2 is 0.593 bits per heavy atom. The van der Waals surface area contributed by atoms with E-state index in [1.165, 1.54) is 55.6 Å². The van der Waals surface area contributed by atoms with Crippen molar-refractivity contribution >= 4 is 0 Å². The van der Waals surface area contributed by atoms with E-state index in [4.69, 9.17) is 0 Å². The molecule has 3 aromatic carbocycles. The topological polar surface area (TPSA) is 0 Å². The van der Waals surface area contributed by atoms with E-state index in [1.807, 2.05) is 0 Å². The van der Waals surface area contributed by atoms with Gasteiger partial charge in [-0.1, -0.05) is 59.7 Å². The number of hydrogen-bond donors (Lipinski definition) is 0. The van der Waals surface area contributed by atoms with E-state index in [9.17, 15) is 0 Å². The van der Waals surface area contributed by atoms with Crippen LogP contribution in [0.5, 0.6) is 0 Å². The van der Waals surface area contributed by atoms with Crippen molar-refractivity contribution in [3.05, 3.63) is 104 Å². The molecule has 0 saturated carbocycles. The summed E-state index contributed by atoms with van der Waals surface area (Å²) in [6.07, 6.45) is 1.03. The molecule has 0 N–H and O–H groups in total. The van der Waals surface area contributed by atoms with Crippen LogP contribution in [0.4, 0.5) is 0 Å². The van der Waals surface area contributed by atoms with Gasteiger partial charge < -0.3 is 0 Å². The average molecular weight is 359 g/mol. The molecule has 0 spiro atoms. The van der Waals surface area contributed by atoms with E-state index < -0.39 is 0 Å². The maximum Gasteiger partial charge on any atom is -0.00258 e. The number of hydrogen-bond acceptors (Lipinski definition) is 0. The molecule has 27 heavy (non-hydrogen) atoms. The number of benzene rings is 3. The molecular weight excluding hydrogens is 324 g/mol. The first kappa shape index (κ1) is 21.0. The first-order valence-electron chi connectivity index (χ1n) is 9.85. The van der Waals surface area contributed by atoms with Crippen LogP contribution in [-0.2, 0) is 6.42 Å². The van der Waals surface area contributed by atoms with Gasteiger partial charge in [-0.3, -0.25) is 0 Å². The van der Waals surface area contributed by atoms with Crippen LogP contribution in [0.15, 0.2) is 48.5 Å². The molecule has 3 aromatic rings. The maximum absolute atomic E-state index is 2.21. The minimum atomic E-state index is 1.03. The van der Waals surface area contributed by atoms with E-state index in [2.05, 4.69) is 104 Å². The lowest BCUT2D eigenvalue weighted by Gasteiger charge is -2.15. The zero-order valence-electron chi connectivity index (χ0n) is 18.3. The molecule has 0 bridgehead atoms. The second kappa shape index (κ2) is 9.04. The fourth-order valence-electron chi connectivity index (χ4n) is 3.34. The molecule has 0 heteroatoms. The Bertz CT molecular complexity index is 746. The van der Waals surface area contributed by atoms with Crippen LogP contribution in [0.1, 0.15) is 55.6 Å². The van der Waals surface area contributed by atoms with Crippen molar-refractivity contribution in [1.82, 2.24) is 0 Å². The van der Waals surface area contributed by atoms with Crippen molar-refractivity contribution in [3.8, 4) is 0 Å². The summed E-state index contributed by atoms with van der Waals surface area (Å²) >= 11 is 0. The van der Waals surface area contributed by atoms with Crippen molar-refractivity contribution in [2.45, 2.75) is 61.8 Å². The van der Waals surface area contributed by atoms with Crippen molar-refractivity contribution in [2.75, 3.05) is 0 Å². The zero-order chi connectivity index (χ0) is 20.1. The van der Waals surface area contributed by atoms with Gasteiger partial charge in [-0.2, -0.15) is 0 Å². The molecule has 0 atom stereocenters. The molecule has 0 aromatic heterocycles. The molecule has 0 saturated heterocycles. The van der Waals surface area contributed by atoms with Gasteiger partial charge >= 0.3 is 0 Å². The van der Waals surface area contributed by atoms with Gasteiger partial charge in [-0.05, 0) is 106 Å². The van der Waals surface area contributed by atoms with Gasteiger partial charge in [0.15, 0.2) is 0 Å². The molecule has 3 rings (SSSR count). The smallest absolute Gasteiger partial charge is 0.00258 e. The summed E-state index contributed by atoms with van der Waals surface area (Å²) in [5.74, 6) is 0. The molecule has 0 amide bonds. The second-order valence-corrected chi connectivity index (χ2v) is 7.90. The fraction of sp³-hybridized carbons (Fsp3) is 0.333. The van der Waals surface area contributed by atoms with Crippen LogP contribution < -0.4 is 0 Å². The Balaban J connectivity index is 0.000000199. The summed E-state index contributed by atoms with van der Waals surface area (Å²) in [4.78, 5) is 0. The summed E-state index contributed by atoms with van der Waals surface area (Å²) in [5, 5.41) is 0. The molecule has 142 valence electrons. The summed E-state index contributed by atoms with van der Waals surface area (Å²) in [6, 6.07) is 17.5. The third-order valence-corrected chi connectivity index (χ3v) is 6.02. The summed E-state index contributed by atoms with van der Waals surface area (Å²) in [5.41, 5.74) is 14.1. The monoisotopic (exact) mass is 358 g/mol. The lowest BCUT2D eigenvalue weighted by molar-refractivity contribution is 1.13. The van der Waals surface area contributed by atoms with Crippen LogP contribution in [-0.4, -0.2) is 0 Å². The van der Waals surface area contributed by atoms with Gasteiger partial charge in [-0.25, -0.2) is 0 Å².